The number of ether oxygens (including phenoxy) is 1. The summed E-state index contributed by atoms with van der Waals surface area (Å²) in [4.78, 5) is 10.0. The second-order valence-electron chi connectivity index (χ2n) is 9.62. The van der Waals surface area contributed by atoms with Crippen LogP contribution in [-0.4, -0.2) is 54.3 Å². The maximum absolute atomic E-state index is 9.74. The summed E-state index contributed by atoms with van der Waals surface area (Å²) in [5.41, 5.74) is 7.68. The van der Waals surface area contributed by atoms with Gasteiger partial charge in [0.1, 0.15) is 6.07 Å². The first-order chi connectivity index (χ1) is 18.7. The molecular formula is C31H34N6O. The number of morpholine rings is 1. The molecule has 38 heavy (non-hydrogen) atoms. The third-order valence-electron chi connectivity index (χ3n) is 7.05. The lowest BCUT2D eigenvalue weighted by atomic mass is 10.1. The SMILES string of the molecule is Cc1c(Nc2c(C#N)cncc2/C=C/c2ccc(CNCCCN3CCOCC3)cc2)ccc2[nH]ccc12. The molecule has 7 heteroatoms. The summed E-state index contributed by atoms with van der Waals surface area (Å²) in [5, 5.41) is 17.9. The summed E-state index contributed by atoms with van der Waals surface area (Å²) in [5.74, 6) is 0. The molecule has 1 saturated heterocycles. The summed E-state index contributed by atoms with van der Waals surface area (Å²) < 4.78 is 5.41. The standard InChI is InChI=1S/C31H34N6O/c1-23-28-11-13-35-30(28)10-9-29(23)36-31-26(21-34-22-27(31)19-32)8-7-24-3-5-25(6-4-24)20-33-12-2-14-37-15-17-38-18-16-37/h3-11,13,21-22,33,35H,2,12,14-18,20H2,1H3,(H,34,36)/b8-7+. The van der Waals surface area contributed by atoms with Crippen LogP contribution in [0.3, 0.4) is 0 Å². The molecule has 3 heterocycles. The largest absolute Gasteiger partial charge is 0.379 e. The van der Waals surface area contributed by atoms with Gasteiger partial charge >= 0.3 is 0 Å². The molecule has 2 aromatic carbocycles. The van der Waals surface area contributed by atoms with Crippen molar-refractivity contribution in [3.63, 3.8) is 0 Å². The molecule has 2 aromatic heterocycles. The minimum Gasteiger partial charge on any atom is -0.379 e. The first-order valence-corrected chi connectivity index (χ1v) is 13.2. The Bertz CT molecular complexity index is 1430. The number of nitriles is 1. The second-order valence-corrected chi connectivity index (χ2v) is 9.62. The first kappa shape index (κ1) is 25.7. The van der Waals surface area contributed by atoms with Gasteiger partial charge in [-0.2, -0.15) is 5.26 Å². The molecule has 0 radical (unpaired) electrons. The molecule has 1 aliphatic rings. The van der Waals surface area contributed by atoms with Crippen LogP contribution in [-0.2, 0) is 11.3 Å². The minimum atomic E-state index is 0.510. The van der Waals surface area contributed by atoms with Gasteiger partial charge in [0.15, 0.2) is 0 Å². The van der Waals surface area contributed by atoms with Crippen molar-refractivity contribution in [2.75, 3.05) is 44.7 Å². The molecule has 0 unspecified atom stereocenters. The van der Waals surface area contributed by atoms with Crippen LogP contribution in [0, 0.1) is 18.3 Å². The molecule has 5 rings (SSSR count). The van der Waals surface area contributed by atoms with Crippen LogP contribution < -0.4 is 10.6 Å². The Balaban J connectivity index is 1.21. The van der Waals surface area contributed by atoms with Gasteiger partial charge in [-0.1, -0.05) is 36.4 Å². The third-order valence-corrected chi connectivity index (χ3v) is 7.05. The number of anilines is 2. The molecule has 7 nitrogen and oxygen atoms in total. The van der Waals surface area contributed by atoms with Gasteiger partial charge in [-0.15, -0.1) is 0 Å². The van der Waals surface area contributed by atoms with Crippen LogP contribution in [0.4, 0.5) is 11.4 Å². The Morgan fingerprint density at radius 2 is 1.92 bits per heavy atom. The molecule has 3 N–H and O–H groups in total. The van der Waals surface area contributed by atoms with Crippen molar-refractivity contribution in [2.45, 2.75) is 19.9 Å². The van der Waals surface area contributed by atoms with Gasteiger partial charge in [0.05, 0.1) is 24.5 Å². The Labute approximate surface area is 224 Å². The van der Waals surface area contributed by atoms with Crippen molar-refractivity contribution in [3.05, 3.63) is 88.9 Å². The molecule has 0 amide bonds. The number of nitrogens with zero attached hydrogens (tertiary/aromatic N) is 3. The zero-order valence-corrected chi connectivity index (χ0v) is 21.8. The van der Waals surface area contributed by atoms with Gasteiger partial charge in [0, 0.05) is 60.4 Å². The van der Waals surface area contributed by atoms with E-state index in [0.717, 1.165) is 91.3 Å². The fraction of sp³-hybridized carbons (Fsp3) is 0.290. The van der Waals surface area contributed by atoms with E-state index < -0.39 is 0 Å². The van der Waals surface area contributed by atoms with Crippen LogP contribution in [0.1, 0.15) is 34.2 Å². The van der Waals surface area contributed by atoms with Gasteiger partial charge in [-0.05, 0) is 61.3 Å². The van der Waals surface area contributed by atoms with Crippen molar-refractivity contribution in [1.82, 2.24) is 20.2 Å². The molecule has 0 bridgehead atoms. The van der Waals surface area contributed by atoms with Crippen molar-refractivity contribution >= 4 is 34.4 Å². The molecular weight excluding hydrogens is 472 g/mol. The molecule has 194 valence electrons. The van der Waals surface area contributed by atoms with Gasteiger partial charge in [0.25, 0.3) is 0 Å². The van der Waals surface area contributed by atoms with Crippen molar-refractivity contribution in [1.29, 1.82) is 5.26 Å². The number of aromatic nitrogens is 2. The zero-order valence-electron chi connectivity index (χ0n) is 21.8. The van der Waals surface area contributed by atoms with Gasteiger partial charge in [0.2, 0.25) is 0 Å². The number of aromatic amines is 1. The van der Waals surface area contributed by atoms with Crippen LogP contribution >= 0.6 is 0 Å². The number of fused-ring (bicyclic) bond motifs is 1. The van der Waals surface area contributed by atoms with Crippen molar-refractivity contribution in [3.8, 4) is 6.07 Å². The van der Waals surface area contributed by atoms with E-state index in [9.17, 15) is 5.26 Å². The second kappa shape index (κ2) is 12.5. The van der Waals surface area contributed by atoms with E-state index >= 15 is 0 Å². The Kier molecular flexibility index (Phi) is 8.46. The molecule has 0 spiro atoms. The number of benzene rings is 2. The van der Waals surface area contributed by atoms with Crippen LogP contribution in [0.2, 0.25) is 0 Å². The quantitative estimate of drug-likeness (QED) is 0.247. The summed E-state index contributed by atoms with van der Waals surface area (Å²) in [6, 6.07) is 17.0. The predicted octanol–water partition coefficient (Wildman–Crippen LogP) is 5.47. The molecule has 0 saturated carbocycles. The minimum absolute atomic E-state index is 0.510. The predicted molar refractivity (Wildman–Crippen MR) is 154 cm³/mol. The fourth-order valence-corrected chi connectivity index (χ4v) is 4.80. The number of rotatable bonds is 10. The van der Waals surface area contributed by atoms with Gasteiger partial charge in [-0.25, -0.2) is 0 Å². The van der Waals surface area contributed by atoms with Gasteiger partial charge in [-0.3, -0.25) is 9.88 Å². The number of H-pyrrole nitrogens is 1. The Hall–Kier alpha value is -3.96. The maximum Gasteiger partial charge on any atom is 0.103 e. The van der Waals surface area contributed by atoms with E-state index in [1.165, 1.54) is 5.56 Å². The zero-order chi connectivity index (χ0) is 26.2. The average molecular weight is 507 g/mol. The monoisotopic (exact) mass is 506 g/mol. The van der Waals surface area contributed by atoms with Crippen LogP contribution in [0.5, 0.6) is 0 Å². The van der Waals surface area contributed by atoms with E-state index in [1.807, 2.05) is 24.4 Å². The van der Waals surface area contributed by atoms with E-state index in [2.05, 4.69) is 74.9 Å². The smallest absolute Gasteiger partial charge is 0.103 e. The number of hydrogen-bond donors (Lipinski definition) is 3. The highest BCUT2D eigenvalue weighted by atomic mass is 16.5. The van der Waals surface area contributed by atoms with Gasteiger partial charge < -0.3 is 20.4 Å². The number of nitrogens with one attached hydrogen (secondary N) is 3. The van der Waals surface area contributed by atoms with Crippen molar-refractivity contribution in [2.24, 2.45) is 0 Å². The Morgan fingerprint density at radius 1 is 1.08 bits per heavy atom. The molecule has 1 fully saturated rings. The molecule has 0 atom stereocenters. The normalized spacial score (nSPS) is 14.2. The van der Waals surface area contributed by atoms with Crippen molar-refractivity contribution < 1.29 is 4.74 Å². The summed E-state index contributed by atoms with van der Waals surface area (Å²) in [6.07, 6.45) is 10.6. The lowest BCUT2D eigenvalue weighted by Crippen LogP contribution is -2.37. The maximum atomic E-state index is 9.74. The number of pyridine rings is 1. The Morgan fingerprint density at radius 3 is 2.74 bits per heavy atom. The van der Waals surface area contributed by atoms with E-state index in [-0.39, 0.29) is 0 Å². The highest BCUT2D eigenvalue weighted by Crippen LogP contribution is 2.31. The summed E-state index contributed by atoms with van der Waals surface area (Å²) in [7, 11) is 0. The third kappa shape index (κ3) is 6.29. The molecule has 4 aromatic rings. The molecule has 1 aliphatic heterocycles. The van der Waals surface area contributed by atoms with Crippen LogP contribution in [0.25, 0.3) is 23.1 Å². The fourth-order valence-electron chi connectivity index (χ4n) is 4.80. The lowest BCUT2D eigenvalue weighted by molar-refractivity contribution is 0.0374. The lowest BCUT2D eigenvalue weighted by Gasteiger charge is -2.26. The number of hydrogen-bond acceptors (Lipinski definition) is 6. The summed E-state index contributed by atoms with van der Waals surface area (Å²) >= 11 is 0. The first-order valence-electron chi connectivity index (χ1n) is 13.2. The van der Waals surface area contributed by atoms with Crippen LogP contribution in [0.15, 0.2) is 61.1 Å². The summed E-state index contributed by atoms with van der Waals surface area (Å²) in [6.45, 7) is 8.89. The highest BCUT2D eigenvalue weighted by molar-refractivity contribution is 5.90. The molecule has 0 aliphatic carbocycles. The number of aryl methyl sites for hydroxylation is 1. The topological polar surface area (TPSA) is 89.0 Å². The van der Waals surface area contributed by atoms with E-state index in [1.54, 1.807) is 12.4 Å². The van der Waals surface area contributed by atoms with E-state index in [0.29, 0.717) is 5.56 Å². The average Bonchev–Trinajstić information content (AvgIpc) is 3.45. The highest BCUT2D eigenvalue weighted by Gasteiger charge is 2.11. The van der Waals surface area contributed by atoms with E-state index in [4.69, 9.17) is 4.74 Å².